The summed E-state index contributed by atoms with van der Waals surface area (Å²) in [5.41, 5.74) is 4.24. The minimum atomic E-state index is 0.803. The van der Waals surface area contributed by atoms with E-state index in [2.05, 4.69) is 4.40 Å². The van der Waals surface area contributed by atoms with Gasteiger partial charge in [-0.1, -0.05) is 0 Å². The van der Waals surface area contributed by atoms with Gasteiger partial charge in [-0.2, -0.15) is 0 Å². The molecule has 0 fully saturated rings. The van der Waals surface area contributed by atoms with Gasteiger partial charge in [-0.3, -0.25) is 0 Å². The van der Waals surface area contributed by atoms with Crippen LogP contribution in [0.4, 0.5) is 0 Å². The molecule has 4 nitrogen and oxygen atoms in total. The third kappa shape index (κ3) is 1.12. The minimum Gasteiger partial charge on any atom is -0.493 e. The van der Waals surface area contributed by atoms with Crippen LogP contribution in [-0.2, 0) is 12.8 Å². The maximum atomic E-state index is 5.48. The molecule has 0 radical (unpaired) electrons. The highest BCUT2D eigenvalue weighted by Gasteiger charge is 2.24. The maximum Gasteiger partial charge on any atom is 0.180 e. The van der Waals surface area contributed by atoms with Crippen molar-refractivity contribution in [3.05, 3.63) is 42.1 Å². The number of ether oxygens (including phenoxy) is 1. The number of rotatable bonds is 1. The van der Waals surface area contributed by atoms with Gasteiger partial charge in [0, 0.05) is 18.2 Å². The molecule has 0 amide bonds. The van der Waals surface area contributed by atoms with E-state index in [1.807, 2.05) is 24.4 Å². The zero-order valence-corrected chi connectivity index (χ0v) is 10.0. The molecular weight excluding hydrogens is 228 g/mol. The largest absolute Gasteiger partial charge is 0.493 e. The summed E-state index contributed by atoms with van der Waals surface area (Å²) in [7, 11) is 1.67. The molecule has 90 valence electrons. The second-order valence-electron chi connectivity index (χ2n) is 4.43. The molecule has 3 aromatic heterocycles. The Labute approximate surface area is 104 Å². The molecule has 0 atom stereocenters. The Balaban J connectivity index is 2.09. The average molecular weight is 240 g/mol. The number of imidazole rings is 1. The van der Waals surface area contributed by atoms with Crippen LogP contribution in [0, 0.1) is 0 Å². The van der Waals surface area contributed by atoms with Crippen molar-refractivity contribution < 1.29 is 9.15 Å². The summed E-state index contributed by atoms with van der Waals surface area (Å²) in [6.07, 6.45) is 5.65. The van der Waals surface area contributed by atoms with Gasteiger partial charge in [0.2, 0.25) is 0 Å². The Hall–Kier alpha value is -2.23. The molecule has 3 aromatic rings. The van der Waals surface area contributed by atoms with Gasteiger partial charge in [0.25, 0.3) is 0 Å². The van der Waals surface area contributed by atoms with Gasteiger partial charge in [0.05, 0.1) is 24.8 Å². The number of fused-ring (bicyclic) bond motifs is 5. The van der Waals surface area contributed by atoms with E-state index in [4.69, 9.17) is 14.1 Å². The van der Waals surface area contributed by atoms with Crippen LogP contribution in [0.3, 0.4) is 0 Å². The van der Waals surface area contributed by atoms with E-state index in [1.165, 1.54) is 5.69 Å². The van der Waals surface area contributed by atoms with Crippen molar-refractivity contribution in [3.8, 4) is 17.0 Å². The molecule has 0 spiro atoms. The zero-order chi connectivity index (χ0) is 12.1. The summed E-state index contributed by atoms with van der Waals surface area (Å²) in [4.78, 5) is 4.72. The number of nitrogens with zero attached hydrogens (tertiary/aromatic N) is 2. The molecule has 0 aromatic carbocycles. The number of furan rings is 1. The monoisotopic (exact) mass is 240 g/mol. The predicted molar refractivity (Wildman–Crippen MR) is 66.9 cm³/mol. The quantitative estimate of drug-likeness (QED) is 0.656. The topological polar surface area (TPSA) is 39.7 Å². The highest BCUT2D eigenvalue weighted by atomic mass is 16.5. The van der Waals surface area contributed by atoms with E-state index in [9.17, 15) is 0 Å². The van der Waals surface area contributed by atoms with Gasteiger partial charge >= 0.3 is 0 Å². The lowest BCUT2D eigenvalue weighted by Gasteiger charge is -2.10. The molecule has 0 unspecified atom stereocenters. The fourth-order valence-electron chi connectivity index (χ4n) is 2.68. The first kappa shape index (κ1) is 9.76. The Morgan fingerprint density at radius 1 is 1.33 bits per heavy atom. The lowest BCUT2D eigenvalue weighted by Crippen LogP contribution is -2.03. The van der Waals surface area contributed by atoms with Crippen LogP contribution in [0.5, 0.6) is 5.75 Å². The molecule has 4 heteroatoms. The van der Waals surface area contributed by atoms with E-state index < -0.39 is 0 Å². The molecule has 1 aliphatic rings. The normalized spacial score (nSPS) is 13.4. The summed E-state index contributed by atoms with van der Waals surface area (Å²) < 4.78 is 13.0. The van der Waals surface area contributed by atoms with E-state index in [-0.39, 0.29) is 0 Å². The standard InChI is InChI=1S/C14H12N2O2/c1-17-12-3-2-7-16-10-4-5-11-9(6-8-18-11)13(10)15-14(12)16/h2-3,6-8H,4-5H2,1H3. The van der Waals surface area contributed by atoms with Crippen molar-refractivity contribution in [1.29, 1.82) is 0 Å². The maximum absolute atomic E-state index is 5.48. The van der Waals surface area contributed by atoms with Crippen LogP contribution in [0.25, 0.3) is 16.9 Å². The Morgan fingerprint density at radius 2 is 2.28 bits per heavy atom. The first-order chi connectivity index (χ1) is 8.88. The van der Waals surface area contributed by atoms with Crippen LogP contribution in [0.2, 0.25) is 0 Å². The molecule has 18 heavy (non-hydrogen) atoms. The van der Waals surface area contributed by atoms with Crippen LogP contribution in [-0.4, -0.2) is 16.5 Å². The molecule has 4 rings (SSSR count). The SMILES string of the molecule is COc1cccn2c3c(nc12)-c1ccoc1CC3. The highest BCUT2D eigenvalue weighted by Crippen LogP contribution is 2.35. The number of pyridine rings is 1. The van der Waals surface area contributed by atoms with Gasteiger partial charge in [-0.05, 0) is 24.6 Å². The average Bonchev–Trinajstić information content (AvgIpc) is 3.01. The molecule has 3 heterocycles. The first-order valence-electron chi connectivity index (χ1n) is 5.99. The minimum absolute atomic E-state index is 0.803. The molecule has 0 saturated carbocycles. The zero-order valence-electron chi connectivity index (χ0n) is 10.0. The van der Waals surface area contributed by atoms with Crippen molar-refractivity contribution in [1.82, 2.24) is 9.38 Å². The summed E-state index contributed by atoms with van der Waals surface area (Å²) in [6, 6.07) is 5.91. The van der Waals surface area contributed by atoms with Gasteiger partial charge in [0.1, 0.15) is 5.76 Å². The van der Waals surface area contributed by atoms with Crippen molar-refractivity contribution in [2.45, 2.75) is 12.8 Å². The third-order valence-electron chi connectivity index (χ3n) is 3.52. The summed E-state index contributed by atoms with van der Waals surface area (Å²) in [6.45, 7) is 0. The number of hydrogen-bond donors (Lipinski definition) is 0. The molecule has 0 bridgehead atoms. The van der Waals surface area contributed by atoms with Crippen molar-refractivity contribution >= 4 is 5.65 Å². The number of aromatic nitrogens is 2. The lowest BCUT2D eigenvalue weighted by atomic mass is 9.99. The van der Waals surface area contributed by atoms with Gasteiger partial charge in [-0.25, -0.2) is 4.98 Å². The molecule has 1 aliphatic carbocycles. The number of hydrogen-bond acceptors (Lipinski definition) is 3. The second-order valence-corrected chi connectivity index (χ2v) is 4.43. The van der Waals surface area contributed by atoms with E-state index in [0.29, 0.717) is 0 Å². The number of aryl methyl sites for hydroxylation is 2. The summed E-state index contributed by atoms with van der Waals surface area (Å²) >= 11 is 0. The third-order valence-corrected chi connectivity index (χ3v) is 3.52. The summed E-state index contributed by atoms with van der Waals surface area (Å²) in [5.74, 6) is 1.84. The van der Waals surface area contributed by atoms with Crippen molar-refractivity contribution in [2.24, 2.45) is 0 Å². The fourth-order valence-corrected chi connectivity index (χ4v) is 2.68. The van der Waals surface area contributed by atoms with Crippen molar-refractivity contribution in [3.63, 3.8) is 0 Å². The molecular formula is C14H12N2O2. The lowest BCUT2D eigenvalue weighted by molar-refractivity contribution is 0.417. The van der Waals surface area contributed by atoms with E-state index in [1.54, 1.807) is 13.4 Å². The van der Waals surface area contributed by atoms with Gasteiger partial charge in [-0.15, -0.1) is 0 Å². The van der Waals surface area contributed by atoms with E-state index in [0.717, 1.165) is 41.3 Å². The van der Waals surface area contributed by atoms with E-state index >= 15 is 0 Å². The van der Waals surface area contributed by atoms with Crippen LogP contribution in [0.15, 0.2) is 35.1 Å². The highest BCUT2D eigenvalue weighted by molar-refractivity contribution is 5.72. The fraction of sp³-hybridized carbons (Fsp3) is 0.214. The molecule has 0 saturated heterocycles. The van der Waals surface area contributed by atoms with Crippen LogP contribution in [0.1, 0.15) is 11.5 Å². The molecule has 0 aliphatic heterocycles. The second kappa shape index (κ2) is 3.38. The number of methoxy groups -OCH3 is 1. The molecule has 0 N–H and O–H groups in total. The first-order valence-corrected chi connectivity index (χ1v) is 5.99. The Kier molecular flexibility index (Phi) is 1.84. The summed E-state index contributed by atoms with van der Waals surface area (Å²) in [5, 5.41) is 0. The Bertz CT molecular complexity index is 739. The van der Waals surface area contributed by atoms with Gasteiger partial charge in [0.15, 0.2) is 11.4 Å². The smallest absolute Gasteiger partial charge is 0.180 e. The predicted octanol–water partition coefficient (Wildman–Crippen LogP) is 2.70. The van der Waals surface area contributed by atoms with Gasteiger partial charge < -0.3 is 13.6 Å². The Morgan fingerprint density at radius 3 is 3.17 bits per heavy atom. The van der Waals surface area contributed by atoms with Crippen LogP contribution >= 0.6 is 0 Å². The van der Waals surface area contributed by atoms with Crippen LogP contribution < -0.4 is 4.74 Å². The van der Waals surface area contributed by atoms with Crippen molar-refractivity contribution in [2.75, 3.05) is 7.11 Å².